The zero-order valence-electron chi connectivity index (χ0n) is 14.4. The molecule has 1 aromatic carbocycles. The Morgan fingerprint density at radius 1 is 1.19 bits per heavy atom. The van der Waals surface area contributed by atoms with Crippen LogP contribution in [0.25, 0.3) is 10.2 Å². The summed E-state index contributed by atoms with van der Waals surface area (Å²) in [7, 11) is 0. The van der Waals surface area contributed by atoms with Crippen LogP contribution in [0, 0.1) is 25.5 Å². The van der Waals surface area contributed by atoms with E-state index in [-0.39, 0.29) is 13.2 Å². The maximum absolute atomic E-state index is 13.3. The van der Waals surface area contributed by atoms with E-state index in [0.717, 1.165) is 12.1 Å². The molecular formula is C18H16F2N2O3S. The summed E-state index contributed by atoms with van der Waals surface area (Å²) in [6.45, 7) is 5.50. The molecule has 0 fully saturated rings. The quantitative estimate of drug-likeness (QED) is 0.618. The van der Waals surface area contributed by atoms with Gasteiger partial charge in [0.15, 0.2) is 11.6 Å². The molecule has 3 rings (SSSR count). The van der Waals surface area contributed by atoms with E-state index in [1.54, 1.807) is 20.8 Å². The minimum absolute atomic E-state index is 0.00673. The van der Waals surface area contributed by atoms with E-state index < -0.39 is 17.6 Å². The van der Waals surface area contributed by atoms with Gasteiger partial charge in [-0.15, -0.1) is 11.3 Å². The number of halogens is 2. The number of nitrogens with zero attached hydrogens (tertiary/aromatic N) is 2. The van der Waals surface area contributed by atoms with Crippen molar-refractivity contribution in [2.75, 3.05) is 6.61 Å². The van der Waals surface area contributed by atoms with Crippen molar-refractivity contribution in [1.82, 2.24) is 9.97 Å². The fourth-order valence-corrected chi connectivity index (χ4v) is 3.59. The van der Waals surface area contributed by atoms with E-state index in [1.807, 2.05) is 0 Å². The number of fused-ring (bicyclic) bond motifs is 1. The van der Waals surface area contributed by atoms with Crippen molar-refractivity contribution in [1.29, 1.82) is 0 Å². The van der Waals surface area contributed by atoms with Crippen LogP contribution in [0.5, 0.6) is 5.88 Å². The first-order valence-corrected chi connectivity index (χ1v) is 8.74. The highest BCUT2D eigenvalue weighted by Crippen LogP contribution is 2.35. The highest BCUT2D eigenvalue weighted by Gasteiger charge is 2.21. The first-order chi connectivity index (χ1) is 12.4. The summed E-state index contributed by atoms with van der Waals surface area (Å²) in [6, 6.07) is 3.56. The lowest BCUT2D eigenvalue weighted by Gasteiger charge is -2.08. The average Bonchev–Trinajstić information content (AvgIpc) is 2.92. The number of carbonyl (C=O) groups excluding carboxylic acids is 1. The van der Waals surface area contributed by atoms with Gasteiger partial charge in [0.25, 0.3) is 0 Å². The molecule has 136 valence electrons. The molecule has 0 bridgehead atoms. The van der Waals surface area contributed by atoms with Crippen molar-refractivity contribution in [2.24, 2.45) is 0 Å². The zero-order valence-corrected chi connectivity index (χ0v) is 15.2. The largest absolute Gasteiger partial charge is 0.472 e. The topological polar surface area (TPSA) is 61.3 Å². The molecular weight excluding hydrogens is 362 g/mol. The predicted molar refractivity (Wildman–Crippen MR) is 93.5 cm³/mol. The van der Waals surface area contributed by atoms with Gasteiger partial charge in [-0.2, -0.15) is 4.98 Å². The Labute approximate surface area is 152 Å². The molecule has 0 saturated carbocycles. The van der Waals surface area contributed by atoms with Crippen LogP contribution in [0.1, 0.15) is 33.5 Å². The van der Waals surface area contributed by atoms with E-state index >= 15 is 0 Å². The third-order valence-corrected chi connectivity index (χ3v) is 4.85. The second kappa shape index (κ2) is 7.33. The van der Waals surface area contributed by atoms with Gasteiger partial charge >= 0.3 is 5.97 Å². The third kappa shape index (κ3) is 3.50. The summed E-state index contributed by atoms with van der Waals surface area (Å²) >= 11 is 1.21. The molecule has 0 unspecified atom stereocenters. The Bertz CT molecular complexity index is 988. The SMILES string of the molecule is CCOC(=O)c1sc2nc(C)nc(OCc3ccc(F)c(F)c3)c2c1C. The molecule has 0 spiro atoms. The maximum Gasteiger partial charge on any atom is 0.348 e. The Morgan fingerprint density at radius 2 is 1.96 bits per heavy atom. The molecule has 0 aliphatic heterocycles. The van der Waals surface area contributed by atoms with Crippen LogP contribution in [0.2, 0.25) is 0 Å². The van der Waals surface area contributed by atoms with Crippen molar-refractivity contribution in [3.8, 4) is 5.88 Å². The van der Waals surface area contributed by atoms with Gasteiger partial charge in [-0.05, 0) is 44.0 Å². The second-order valence-electron chi connectivity index (χ2n) is 5.57. The standard InChI is InChI=1S/C18H16F2N2O3S/c1-4-24-18(23)15-9(2)14-16(21-10(3)22-17(14)26-15)25-8-11-5-6-12(19)13(20)7-11/h5-7H,4,8H2,1-3H3. The molecule has 0 radical (unpaired) electrons. The van der Waals surface area contributed by atoms with E-state index in [4.69, 9.17) is 9.47 Å². The number of carbonyl (C=O) groups is 1. The molecule has 0 saturated heterocycles. The molecule has 0 aliphatic carbocycles. The van der Waals surface area contributed by atoms with Gasteiger partial charge < -0.3 is 9.47 Å². The molecule has 2 heterocycles. The van der Waals surface area contributed by atoms with Crippen molar-refractivity contribution in [2.45, 2.75) is 27.4 Å². The second-order valence-corrected chi connectivity index (χ2v) is 6.57. The summed E-state index contributed by atoms with van der Waals surface area (Å²) in [5.74, 6) is -1.50. The molecule has 8 heteroatoms. The van der Waals surface area contributed by atoms with Crippen LogP contribution in [-0.4, -0.2) is 22.5 Å². The van der Waals surface area contributed by atoms with E-state index in [1.165, 1.54) is 17.4 Å². The maximum atomic E-state index is 13.3. The number of aryl methyl sites for hydroxylation is 2. The predicted octanol–water partition coefficient (Wildman–Crippen LogP) is 4.34. The van der Waals surface area contributed by atoms with Crippen molar-refractivity contribution < 1.29 is 23.0 Å². The lowest BCUT2D eigenvalue weighted by Crippen LogP contribution is -2.04. The highest BCUT2D eigenvalue weighted by molar-refractivity contribution is 7.20. The van der Waals surface area contributed by atoms with Gasteiger partial charge in [0.1, 0.15) is 22.1 Å². The first-order valence-electron chi connectivity index (χ1n) is 7.92. The molecule has 0 atom stereocenters. The Balaban J connectivity index is 1.96. The molecule has 0 N–H and O–H groups in total. The number of hydrogen-bond acceptors (Lipinski definition) is 6. The van der Waals surface area contributed by atoms with Gasteiger partial charge in [-0.1, -0.05) is 6.07 Å². The van der Waals surface area contributed by atoms with Crippen LogP contribution in [0.4, 0.5) is 8.78 Å². The fourth-order valence-electron chi connectivity index (χ4n) is 2.48. The van der Waals surface area contributed by atoms with E-state index in [9.17, 15) is 13.6 Å². The molecule has 2 aromatic heterocycles. The van der Waals surface area contributed by atoms with Gasteiger partial charge in [-0.3, -0.25) is 0 Å². The van der Waals surface area contributed by atoms with Crippen molar-refractivity contribution in [3.05, 3.63) is 51.7 Å². The lowest BCUT2D eigenvalue weighted by atomic mass is 10.2. The Hall–Kier alpha value is -2.61. The number of ether oxygens (including phenoxy) is 2. The molecule has 5 nitrogen and oxygen atoms in total. The molecule has 26 heavy (non-hydrogen) atoms. The van der Waals surface area contributed by atoms with Crippen LogP contribution in [0.3, 0.4) is 0 Å². The fraction of sp³-hybridized carbons (Fsp3) is 0.278. The van der Waals surface area contributed by atoms with E-state index in [0.29, 0.717) is 37.9 Å². The highest BCUT2D eigenvalue weighted by atomic mass is 32.1. The van der Waals surface area contributed by atoms with Gasteiger partial charge in [0.2, 0.25) is 5.88 Å². The molecule has 3 aromatic rings. The lowest BCUT2D eigenvalue weighted by molar-refractivity contribution is 0.0531. The minimum atomic E-state index is -0.938. The normalized spacial score (nSPS) is 11.0. The first kappa shape index (κ1) is 18.2. The number of aromatic nitrogens is 2. The van der Waals surface area contributed by atoms with Gasteiger partial charge in [0, 0.05) is 0 Å². The van der Waals surface area contributed by atoms with Crippen LogP contribution in [0.15, 0.2) is 18.2 Å². The average molecular weight is 378 g/mol. The van der Waals surface area contributed by atoms with Crippen LogP contribution >= 0.6 is 11.3 Å². The zero-order chi connectivity index (χ0) is 18.8. The Kier molecular flexibility index (Phi) is 5.13. The summed E-state index contributed by atoms with van der Waals surface area (Å²) in [5, 5.41) is 0.617. The van der Waals surface area contributed by atoms with E-state index in [2.05, 4.69) is 9.97 Å². The third-order valence-electron chi connectivity index (χ3n) is 3.69. The molecule has 0 amide bonds. The van der Waals surface area contributed by atoms with Crippen molar-refractivity contribution >= 4 is 27.5 Å². The number of esters is 1. The molecule has 0 aliphatic rings. The number of benzene rings is 1. The summed E-state index contributed by atoms with van der Waals surface area (Å²) < 4.78 is 37.2. The Morgan fingerprint density at radius 3 is 2.65 bits per heavy atom. The van der Waals surface area contributed by atoms with Gasteiger partial charge in [-0.25, -0.2) is 18.6 Å². The van der Waals surface area contributed by atoms with Gasteiger partial charge in [0.05, 0.1) is 12.0 Å². The summed E-state index contributed by atoms with van der Waals surface area (Å²) in [4.78, 5) is 21.8. The van der Waals surface area contributed by atoms with Crippen LogP contribution < -0.4 is 4.74 Å². The van der Waals surface area contributed by atoms with Crippen molar-refractivity contribution in [3.63, 3.8) is 0 Å². The minimum Gasteiger partial charge on any atom is -0.472 e. The summed E-state index contributed by atoms with van der Waals surface area (Å²) in [6.07, 6.45) is 0. The van der Waals surface area contributed by atoms with Crippen LogP contribution in [-0.2, 0) is 11.3 Å². The smallest absolute Gasteiger partial charge is 0.348 e. The monoisotopic (exact) mass is 378 g/mol. The number of rotatable bonds is 5. The number of thiophene rings is 1. The summed E-state index contributed by atoms with van der Waals surface area (Å²) in [5.41, 5.74) is 1.13. The number of hydrogen-bond donors (Lipinski definition) is 0.